The van der Waals surface area contributed by atoms with E-state index in [4.69, 9.17) is 9.84 Å². The number of aromatic nitrogens is 1. The highest BCUT2D eigenvalue weighted by molar-refractivity contribution is 5.88. The Morgan fingerprint density at radius 1 is 1.40 bits per heavy atom. The van der Waals surface area contributed by atoms with Crippen molar-refractivity contribution in [2.45, 2.75) is 38.7 Å². The normalized spacial score (nSPS) is 17.4. The minimum atomic E-state index is -0.942. The molecule has 0 amide bonds. The van der Waals surface area contributed by atoms with Crippen LogP contribution < -0.4 is 4.74 Å². The van der Waals surface area contributed by atoms with Gasteiger partial charge in [0.1, 0.15) is 6.10 Å². The summed E-state index contributed by atoms with van der Waals surface area (Å²) >= 11 is 0. The highest BCUT2D eigenvalue weighted by Crippen LogP contribution is 2.22. The van der Waals surface area contributed by atoms with Crippen LogP contribution in [0.25, 0.3) is 0 Å². The molecule has 110 valence electrons. The van der Waals surface area contributed by atoms with Crippen LogP contribution in [0.3, 0.4) is 0 Å². The summed E-state index contributed by atoms with van der Waals surface area (Å²) in [6, 6.07) is 3.14. The molecule has 1 aliphatic rings. The number of carbonyl (C=O) groups is 1. The summed E-state index contributed by atoms with van der Waals surface area (Å²) in [7, 11) is 2.09. The zero-order valence-corrected chi connectivity index (χ0v) is 12.3. The van der Waals surface area contributed by atoms with Crippen LogP contribution in [-0.2, 0) is 0 Å². The third-order valence-electron chi connectivity index (χ3n) is 3.61. The van der Waals surface area contributed by atoms with Crippen molar-refractivity contribution in [2.24, 2.45) is 0 Å². The number of hydrogen-bond acceptors (Lipinski definition) is 4. The average molecular weight is 278 g/mol. The number of rotatable bonds is 4. The first-order chi connectivity index (χ1) is 9.45. The first-order valence-electron chi connectivity index (χ1n) is 7.06. The van der Waals surface area contributed by atoms with E-state index in [2.05, 4.69) is 16.9 Å². The van der Waals surface area contributed by atoms with Gasteiger partial charge in [-0.2, -0.15) is 0 Å². The van der Waals surface area contributed by atoms with Crippen LogP contribution >= 0.6 is 0 Å². The second kappa shape index (κ2) is 6.22. The van der Waals surface area contributed by atoms with Crippen LogP contribution in [0.15, 0.2) is 12.1 Å². The van der Waals surface area contributed by atoms with E-state index in [1.54, 1.807) is 6.07 Å². The number of ether oxygens (including phenoxy) is 1. The Kier molecular flexibility index (Phi) is 4.60. The molecule has 0 atom stereocenters. The highest BCUT2D eigenvalue weighted by atomic mass is 16.5. The minimum absolute atomic E-state index is 0.128. The summed E-state index contributed by atoms with van der Waals surface area (Å²) < 4.78 is 5.88. The van der Waals surface area contributed by atoms with Gasteiger partial charge in [0.25, 0.3) is 0 Å². The maximum atomic E-state index is 11.2. The SMILES string of the molecule is CC(C)c1cc(C(=O)O)cc(OC2CCN(C)CC2)n1. The number of carboxylic acids is 1. The second-order valence-corrected chi connectivity index (χ2v) is 5.70. The molecule has 1 aromatic rings. The minimum Gasteiger partial charge on any atom is -0.478 e. The van der Waals surface area contributed by atoms with Crippen LogP contribution in [-0.4, -0.2) is 47.2 Å². The molecule has 2 heterocycles. The van der Waals surface area contributed by atoms with Crippen molar-refractivity contribution < 1.29 is 14.6 Å². The van der Waals surface area contributed by atoms with E-state index in [-0.39, 0.29) is 17.6 Å². The predicted octanol–water partition coefficient (Wildman–Crippen LogP) is 2.38. The monoisotopic (exact) mass is 278 g/mol. The Labute approximate surface area is 119 Å². The molecule has 1 saturated heterocycles. The molecule has 1 aromatic heterocycles. The van der Waals surface area contributed by atoms with Gasteiger partial charge in [-0.1, -0.05) is 13.8 Å². The lowest BCUT2D eigenvalue weighted by Crippen LogP contribution is -2.35. The lowest BCUT2D eigenvalue weighted by Gasteiger charge is -2.29. The third kappa shape index (κ3) is 3.70. The van der Waals surface area contributed by atoms with Gasteiger partial charge in [-0.25, -0.2) is 9.78 Å². The molecule has 1 fully saturated rings. The molecule has 0 aliphatic carbocycles. The van der Waals surface area contributed by atoms with Crippen molar-refractivity contribution in [3.8, 4) is 5.88 Å². The Morgan fingerprint density at radius 3 is 2.60 bits per heavy atom. The molecule has 0 radical (unpaired) electrons. The topological polar surface area (TPSA) is 62.7 Å². The molecule has 20 heavy (non-hydrogen) atoms. The predicted molar refractivity (Wildman–Crippen MR) is 76.4 cm³/mol. The molecule has 0 unspecified atom stereocenters. The van der Waals surface area contributed by atoms with Crippen molar-refractivity contribution in [1.29, 1.82) is 0 Å². The fraction of sp³-hybridized carbons (Fsp3) is 0.600. The van der Waals surface area contributed by atoms with E-state index >= 15 is 0 Å². The molecule has 0 spiro atoms. The maximum absolute atomic E-state index is 11.2. The zero-order chi connectivity index (χ0) is 14.7. The number of aromatic carboxylic acids is 1. The number of likely N-dealkylation sites (tertiary alicyclic amines) is 1. The van der Waals surface area contributed by atoms with Crippen LogP contribution in [0.4, 0.5) is 0 Å². The molecule has 0 bridgehead atoms. The Balaban J connectivity index is 2.16. The molecule has 0 aromatic carbocycles. The first kappa shape index (κ1) is 14.8. The van der Waals surface area contributed by atoms with E-state index in [0.717, 1.165) is 31.6 Å². The number of pyridine rings is 1. The molecule has 1 aliphatic heterocycles. The van der Waals surface area contributed by atoms with Gasteiger partial charge in [0.05, 0.1) is 5.56 Å². The van der Waals surface area contributed by atoms with Crippen LogP contribution in [0.5, 0.6) is 5.88 Å². The van der Waals surface area contributed by atoms with Crippen molar-refractivity contribution in [3.63, 3.8) is 0 Å². The fourth-order valence-electron chi connectivity index (χ4n) is 2.28. The van der Waals surface area contributed by atoms with Gasteiger partial charge in [-0.05, 0) is 31.9 Å². The molecule has 5 nitrogen and oxygen atoms in total. The molecule has 0 saturated carbocycles. The van der Waals surface area contributed by atoms with E-state index in [1.807, 2.05) is 13.8 Å². The van der Waals surface area contributed by atoms with Gasteiger partial charge < -0.3 is 14.7 Å². The van der Waals surface area contributed by atoms with Gasteiger partial charge in [0.15, 0.2) is 0 Å². The van der Waals surface area contributed by atoms with Crippen LogP contribution in [0.1, 0.15) is 48.7 Å². The molecular formula is C15H22N2O3. The Hall–Kier alpha value is -1.62. The Morgan fingerprint density at radius 2 is 2.05 bits per heavy atom. The summed E-state index contributed by atoms with van der Waals surface area (Å²) in [4.78, 5) is 17.9. The van der Waals surface area contributed by atoms with Crippen molar-refractivity contribution >= 4 is 5.97 Å². The number of piperidine rings is 1. The average Bonchev–Trinajstić information content (AvgIpc) is 2.41. The van der Waals surface area contributed by atoms with Gasteiger partial charge >= 0.3 is 5.97 Å². The molecule has 1 N–H and O–H groups in total. The summed E-state index contributed by atoms with van der Waals surface area (Å²) in [6.07, 6.45) is 2.03. The molecule has 5 heteroatoms. The maximum Gasteiger partial charge on any atom is 0.335 e. The largest absolute Gasteiger partial charge is 0.478 e. The second-order valence-electron chi connectivity index (χ2n) is 5.70. The fourth-order valence-corrected chi connectivity index (χ4v) is 2.28. The van der Waals surface area contributed by atoms with E-state index < -0.39 is 5.97 Å². The van der Waals surface area contributed by atoms with Gasteiger partial charge in [-0.15, -0.1) is 0 Å². The smallest absolute Gasteiger partial charge is 0.335 e. The van der Waals surface area contributed by atoms with Crippen LogP contribution in [0.2, 0.25) is 0 Å². The molecule has 2 rings (SSSR count). The van der Waals surface area contributed by atoms with E-state index in [9.17, 15) is 4.79 Å². The molecular weight excluding hydrogens is 256 g/mol. The summed E-state index contributed by atoms with van der Waals surface area (Å²) in [5.41, 5.74) is 0.999. The highest BCUT2D eigenvalue weighted by Gasteiger charge is 2.20. The number of nitrogens with zero attached hydrogens (tertiary/aromatic N) is 2. The van der Waals surface area contributed by atoms with E-state index in [0.29, 0.717) is 5.88 Å². The number of carboxylic acid groups (broad SMARTS) is 1. The summed E-state index contributed by atoms with van der Waals surface area (Å²) in [5.74, 6) is -0.334. The number of hydrogen-bond donors (Lipinski definition) is 1. The lowest BCUT2D eigenvalue weighted by atomic mass is 10.1. The van der Waals surface area contributed by atoms with Gasteiger partial charge in [0, 0.05) is 24.8 Å². The summed E-state index contributed by atoms with van der Waals surface area (Å²) in [6.45, 7) is 5.99. The quantitative estimate of drug-likeness (QED) is 0.916. The van der Waals surface area contributed by atoms with Crippen molar-refractivity contribution in [3.05, 3.63) is 23.4 Å². The standard InChI is InChI=1S/C15H22N2O3/c1-10(2)13-8-11(15(18)19)9-14(16-13)20-12-4-6-17(3)7-5-12/h8-10,12H,4-7H2,1-3H3,(H,18,19). The zero-order valence-electron chi connectivity index (χ0n) is 12.3. The Bertz CT molecular complexity index is 480. The third-order valence-corrected chi connectivity index (χ3v) is 3.61. The van der Waals surface area contributed by atoms with Gasteiger partial charge in [0.2, 0.25) is 5.88 Å². The van der Waals surface area contributed by atoms with Crippen molar-refractivity contribution in [1.82, 2.24) is 9.88 Å². The first-order valence-corrected chi connectivity index (χ1v) is 7.06. The van der Waals surface area contributed by atoms with Crippen LogP contribution in [0, 0.1) is 0 Å². The van der Waals surface area contributed by atoms with Gasteiger partial charge in [-0.3, -0.25) is 0 Å². The lowest BCUT2D eigenvalue weighted by molar-refractivity contribution is 0.0694. The summed E-state index contributed by atoms with van der Waals surface area (Å²) in [5, 5.41) is 9.17. The van der Waals surface area contributed by atoms with E-state index in [1.165, 1.54) is 6.07 Å². The van der Waals surface area contributed by atoms with Crippen molar-refractivity contribution in [2.75, 3.05) is 20.1 Å².